The van der Waals surface area contributed by atoms with Crippen LogP contribution in [-0.4, -0.2) is 9.97 Å². The molecular formula is C14H10ClN3. The summed E-state index contributed by atoms with van der Waals surface area (Å²) in [5.74, 6) is 0. The topological polar surface area (TPSA) is 51.8 Å². The Labute approximate surface area is 109 Å². The van der Waals surface area contributed by atoms with Crippen molar-refractivity contribution in [3.05, 3.63) is 53.7 Å². The van der Waals surface area contributed by atoms with Gasteiger partial charge in [0.15, 0.2) is 0 Å². The van der Waals surface area contributed by atoms with Crippen molar-refractivity contribution in [3.8, 4) is 11.3 Å². The minimum absolute atomic E-state index is 0.619. The van der Waals surface area contributed by atoms with Crippen LogP contribution in [-0.2, 0) is 0 Å². The smallest absolute Gasteiger partial charge is 0.0908 e. The van der Waals surface area contributed by atoms with Crippen LogP contribution in [0.2, 0.25) is 5.02 Å². The van der Waals surface area contributed by atoms with Gasteiger partial charge < -0.3 is 5.73 Å². The van der Waals surface area contributed by atoms with Gasteiger partial charge >= 0.3 is 0 Å². The molecule has 18 heavy (non-hydrogen) atoms. The van der Waals surface area contributed by atoms with Gasteiger partial charge in [-0.25, -0.2) is 4.98 Å². The molecule has 0 unspecified atom stereocenters. The molecule has 0 saturated carbocycles. The maximum absolute atomic E-state index is 6.16. The molecule has 0 aliphatic carbocycles. The molecule has 1 aromatic heterocycles. The quantitative estimate of drug-likeness (QED) is 0.677. The number of benzene rings is 2. The van der Waals surface area contributed by atoms with E-state index in [2.05, 4.69) is 9.97 Å². The van der Waals surface area contributed by atoms with E-state index in [4.69, 9.17) is 17.3 Å². The van der Waals surface area contributed by atoms with E-state index in [1.165, 1.54) is 0 Å². The van der Waals surface area contributed by atoms with Crippen LogP contribution in [0.4, 0.5) is 5.69 Å². The fourth-order valence-electron chi connectivity index (χ4n) is 1.83. The number of nitrogens with zero attached hydrogens (tertiary/aromatic N) is 2. The Morgan fingerprint density at radius 2 is 1.78 bits per heavy atom. The van der Waals surface area contributed by atoms with Crippen LogP contribution >= 0.6 is 11.6 Å². The second-order valence-corrected chi connectivity index (χ2v) is 4.39. The predicted molar refractivity (Wildman–Crippen MR) is 74.4 cm³/mol. The molecule has 88 valence electrons. The van der Waals surface area contributed by atoms with E-state index in [0.29, 0.717) is 10.7 Å². The first kappa shape index (κ1) is 11.0. The second-order valence-electron chi connectivity index (χ2n) is 3.98. The molecule has 2 aromatic carbocycles. The van der Waals surface area contributed by atoms with E-state index in [-0.39, 0.29) is 0 Å². The van der Waals surface area contributed by atoms with Gasteiger partial charge in [0.05, 0.1) is 27.9 Å². The van der Waals surface area contributed by atoms with Crippen molar-refractivity contribution in [2.24, 2.45) is 0 Å². The first-order valence-electron chi connectivity index (χ1n) is 5.51. The first-order valence-corrected chi connectivity index (χ1v) is 5.89. The van der Waals surface area contributed by atoms with Gasteiger partial charge in [-0.15, -0.1) is 0 Å². The van der Waals surface area contributed by atoms with Crippen molar-refractivity contribution in [2.45, 2.75) is 0 Å². The zero-order valence-electron chi connectivity index (χ0n) is 9.47. The molecule has 3 rings (SSSR count). The molecule has 0 aliphatic rings. The average molecular weight is 256 g/mol. The summed E-state index contributed by atoms with van der Waals surface area (Å²) in [7, 11) is 0. The van der Waals surface area contributed by atoms with Gasteiger partial charge in [0.2, 0.25) is 0 Å². The van der Waals surface area contributed by atoms with Gasteiger partial charge in [-0.2, -0.15) is 0 Å². The maximum Gasteiger partial charge on any atom is 0.0908 e. The fourth-order valence-corrected chi connectivity index (χ4v) is 2.04. The summed E-state index contributed by atoms with van der Waals surface area (Å²) in [6.07, 6.45) is 1.71. The molecule has 4 heteroatoms. The predicted octanol–water partition coefficient (Wildman–Crippen LogP) is 3.53. The van der Waals surface area contributed by atoms with Crippen LogP contribution in [0.3, 0.4) is 0 Å². The van der Waals surface area contributed by atoms with Crippen molar-refractivity contribution in [1.82, 2.24) is 9.97 Å². The lowest BCUT2D eigenvalue weighted by molar-refractivity contribution is 1.29. The molecule has 0 saturated heterocycles. The summed E-state index contributed by atoms with van der Waals surface area (Å²) in [5.41, 5.74) is 9.66. The SMILES string of the molecule is Nc1ccc(Cl)c(-c2cnc3ccccc3n2)c1. The molecule has 0 aliphatic heterocycles. The molecule has 0 spiro atoms. The third-order valence-electron chi connectivity index (χ3n) is 2.71. The number of halogens is 1. The van der Waals surface area contributed by atoms with Crippen molar-refractivity contribution in [2.75, 3.05) is 5.73 Å². The molecule has 1 heterocycles. The number of anilines is 1. The van der Waals surface area contributed by atoms with Crippen molar-refractivity contribution >= 4 is 28.3 Å². The Bertz CT molecular complexity index is 725. The third kappa shape index (κ3) is 1.89. The van der Waals surface area contributed by atoms with E-state index in [9.17, 15) is 0 Å². The van der Waals surface area contributed by atoms with Crippen LogP contribution in [0.5, 0.6) is 0 Å². The third-order valence-corrected chi connectivity index (χ3v) is 3.04. The minimum atomic E-state index is 0.619. The Kier molecular flexibility index (Phi) is 2.61. The molecule has 0 radical (unpaired) electrons. The highest BCUT2D eigenvalue weighted by Crippen LogP contribution is 2.28. The van der Waals surface area contributed by atoms with Gasteiger partial charge in [0.1, 0.15) is 0 Å². The van der Waals surface area contributed by atoms with Gasteiger partial charge in [-0.1, -0.05) is 23.7 Å². The summed E-state index contributed by atoms with van der Waals surface area (Å²) < 4.78 is 0. The Morgan fingerprint density at radius 1 is 1.00 bits per heavy atom. The Morgan fingerprint density at radius 3 is 2.61 bits per heavy atom. The van der Waals surface area contributed by atoms with Crippen molar-refractivity contribution in [3.63, 3.8) is 0 Å². The molecule has 2 N–H and O–H groups in total. The molecule has 0 amide bonds. The lowest BCUT2D eigenvalue weighted by atomic mass is 10.1. The van der Waals surface area contributed by atoms with Crippen LogP contribution in [0.1, 0.15) is 0 Å². The summed E-state index contributed by atoms with van der Waals surface area (Å²) >= 11 is 6.16. The van der Waals surface area contributed by atoms with E-state index in [1.807, 2.05) is 24.3 Å². The highest BCUT2D eigenvalue weighted by Gasteiger charge is 2.07. The monoisotopic (exact) mass is 255 g/mol. The molecule has 3 nitrogen and oxygen atoms in total. The highest BCUT2D eigenvalue weighted by atomic mass is 35.5. The summed E-state index contributed by atoms with van der Waals surface area (Å²) in [6.45, 7) is 0. The largest absolute Gasteiger partial charge is 0.399 e. The zero-order valence-corrected chi connectivity index (χ0v) is 10.2. The molecule has 0 fully saturated rings. The molecule has 0 atom stereocenters. The minimum Gasteiger partial charge on any atom is -0.399 e. The number of hydrogen-bond donors (Lipinski definition) is 1. The lowest BCUT2D eigenvalue weighted by Gasteiger charge is -2.05. The zero-order chi connectivity index (χ0) is 12.5. The number of nitrogen functional groups attached to an aromatic ring is 1. The van der Waals surface area contributed by atoms with Gasteiger partial charge in [0.25, 0.3) is 0 Å². The number of rotatable bonds is 1. The highest BCUT2D eigenvalue weighted by molar-refractivity contribution is 6.33. The Balaban J connectivity index is 2.22. The summed E-state index contributed by atoms with van der Waals surface area (Å²) in [6, 6.07) is 13.1. The van der Waals surface area contributed by atoms with Crippen molar-refractivity contribution in [1.29, 1.82) is 0 Å². The molecule has 3 aromatic rings. The summed E-state index contributed by atoms with van der Waals surface area (Å²) in [5, 5.41) is 0.619. The van der Waals surface area contributed by atoms with Crippen molar-refractivity contribution < 1.29 is 0 Å². The number of aromatic nitrogens is 2. The van der Waals surface area contributed by atoms with E-state index in [1.54, 1.807) is 24.4 Å². The number of fused-ring (bicyclic) bond motifs is 1. The van der Waals surface area contributed by atoms with Crippen LogP contribution in [0, 0.1) is 0 Å². The van der Waals surface area contributed by atoms with Crippen LogP contribution in [0.15, 0.2) is 48.7 Å². The number of para-hydroxylation sites is 2. The normalized spacial score (nSPS) is 10.7. The number of nitrogens with two attached hydrogens (primary N) is 1. The first-order chi connectivity index (χ1) is 8.74. The van der Waals surface area contributed by atoms with Gasteiger partial charge in [-0.3, -0.25) is 4.98 Å². The van der Waals surface area contributed by atoms with E-state index < -0.39 is 0 Å². The fraction of sp³-hybridized carbons (Fsp3) is 0. The van der Waals surface area contributed by atoms with Gasteiger partial charge in [-0.05, 0) is 30.3 Å². The van der Waals surface area contributed by atoms with Gasteiger partial charge in [0, 0.05) is 11.3 Å². The van der Waals surface area contributed by atoms with Crippen LogP contribution < -0.4 is 5.73 Å². The maximum atomic E-state index is 6.16. The van der Waals surface area contributed by atoms with E-state index >= 15 is 0 Å². The lowest BCUT2D eigenvalue weighted by Crippen LogP contribution is -1.91. The second kappa shape index (κ2) is 4.27. The molecular weight excluding hydrogens is 246 g/mol. The Hall–Kier alpha value is -2.13. The average Bonchev–Trinajstić information content (AvgIpc) is 2.41. The number of hydrogen-bond acceptors (Lipinski definition) is 3. The summed E-state index contributed by atoms with van der Waals surface area (Å²) in [4.78, 5) is 8.91. The standard InChI is InChI=1S/C14H10ClN3/c15-11-6-5-9(16)7-10(11)14-8-17-12-3-1-2-4-13(12)18-14/h1-8H,16H2. The van der Waals surface area contributed by atoms with Crippen LogP contribution in [0.25, 0.3) is 22.3 Å². The molecule has 0 bridgehead atoms. The van der Waals surface area contributed by atoms with E-state index in [0.717, 1.165) is 22.3 Å².